The zero-order chi connectivity index (χ0) is 11.5. The van der Waals surface area contributed by atoms with Crippen molar-refractivity contribution in [3.63, 3.8) is 0 Å². The predicted octanol–water partition coefficient (Wildman–Crippen LogP) is 0.0704. The normalized spacial score (nSPS) is 10.3. The fraction of sp³-hybridized carbons (Fsp3) is 0. The lowest BCUT2D eigenvalue weighted by atomic mass is 10.4. The molecule has 0 radical (unpaired) electrons. The van der Waals surface area contributed by atoms with Crippen LogP contribution in [-0.2, 0) is 9.84 Å². The van der Waals surface area contributed by atoms with E-state index in [4.69, 9.17) is 16.7 Å². The van der Waals surface area contributed by atoms with Crippen molar-refractivity contribution < 1.29 is 8.42 Å². The second kappa shape index (κ2) is 4.02. The summed E-state index contributed by atoms with van der Waals surface area (Å²) in [7, 11) is -3.88. The summed E-state index contributed by atoms with van der Waals surface area (Å²) >= 11 is 0. The van der Waals surface area contributed by atoms with E-state index < -0.39 is 20.6 Å². The number of allylic oxidation sites excluding steroid dienone is 1. The first-order chi connectivity index (χ1) is 7.00. The van der Waals surface area contributed by atoms with Crippen LogP contribution in [0.5, 0.6) is 0 Å². The van der Waals surface area contributed by atoms with Gasteiger partial charge in [0.25, 0.3) is 0 Å². The smallest absolute Gasteiger partial charge is 0.220 e. The summed E-state index contributed by atoms with van der Waals surface area (Å²) in [4.78, 5) is -0.622. The van der Waals surface area contributed by atoms with E-state index in [1.54, 1.807) is 18.2 Å². The average Bonchev–Trinajstić information content (AvgIpc) is 2.19. The first-order valence-corrected chi connectivity index (χ1v) is 5.44. The van der Waals surface area contributed by atoms with Gasteiger partial charge in [-0.3, -0.25) is 0 Å². The number of nitrogens with two attached hydrogens (primary N) is 2. The second-order valence-electron chi connectivity index (χ2n) is 2.71. The average molecular weight is 223 g/mol. The zero-order valence-electron chi connectivity index (χ0n) is 7.71. The maximum atomic E-state index is 11.8. The number of hydrogen-bond acceptors (Lipinski definition) is 5. The Labute approximate surface area is 87.5 Å². The summed E-state index contributed by atoms with van der Waals surface area (Å²) in [5, 5.41) is 8.65. The quantitative estimate of drug-likeness (QED) is 0.689. The van der Waals surface area contributed by atoms with Gasteiger partial charge < -0.3 is 11.5 Å². The molecular formula is C9H9N3O2S. The van der Waals surface area contributed by atoms with Crippen LogP contribution in [0.15, 0.2) is 46.0 Å². The fourth-order valence-electron chi connectivity index (χ4n) is 0.997. The molecule has 0 aromatic heterocycles. The summed E-state index contributed by atoms with van der Waals surface area (Å²) in [5.74, 6) is -0.499. The molecule has 0 aliphatic carbocycles. The third-order valence-corrected chi connectivity index (χ3v) is 3.44. The van der Waals surface area contributed by atoms with Crippen LogP contribution in [0.4, 0.5) is 0 Å². The molecule has 0 saturated heterocycles. The lowest BCUT2D eigenvalue weighted by molar-refractivity contribution is 0.602. The highest BCUT2D eigenvalue weighted by atomic mass is 32.2. The van der Waals surface area contributed by atoms with Gasteiger partial charge in [0.1, 0.15) is 11.9 Å². The van der Waals surface area contributed by atoms with Gasteiger partial charge in [-0.1, -0.05) is 18.2 Å². The van der Waals surface area contributed by atoms with Gasteiger partial charge in [0.15, 0.2) is 4.91 Å². The van der Waals surface area contributed by atoms with Gasteiger partial charge in [0.05, 0.1) is 4.90 Å². The van der Waals surface area contributed by atoms with Gasteiger partial charge in [-0.25, -0.2) is 8.42 Å². The lowest BCUT2D eigenvalue weighted by Crippen LogP contribution is -2.17. The molecule has 5 nitrogen and oxygen atoms in total. The topological polar surface area (TPSA) is 110 Å². The Bertz CT molecular complexity index is 522. The maximum absolute atomic E-state index is 11.8. The van der Waals surface area contributed by atoms with Gasteiger partial charge >= 0.3 is 0 Å². The van der Waals surface area contributed by atoms with Crippen molar-refractivity contribution in [3.8, 4) is 6.07 Å². The molecule has 78 valence electrons. The van der Waals surface area contributed by atoms with Crippen molar-refractivity contribution in [2.24, 2.45) is 11.5 Å². The highest BCUT2D eigenvalue weighted by molar-refractivity contribution is 7.95. The number of sulfone groups is 1. The van der Waals surface area contributed by atoms with E-state index in [9.17, 15) is 8.42 Å². The molecule has 15 heavy (non-hydrogen) atoms. The summed E-state index contributed by atoms with van der Waals surface area (Å²) in [6.07, 6.45) is 0. The molecule has 0 spiro atoms. The van der Waals surface area contributed by atoms with E-state index in [2.05, 4.69) is 0 Å². The number of benzene rings is 1. The predicted molar refractivity (Wildman–Crippen MR) is 54.6 cm³/mol. The molecule has 0 aliphatic rings. The van der Waals surface area contributed by atoms with E-state index in [1.807, 2.05) is 0 Å². The van der Waals surface area contributed by atoms with E-state index in [-0.39, 0.29) is 4.90 Å². The van der Waals surface area contributed by atoms with E-state index >= 15 is 0 Å². The van der Waals surface area contributed by atoms with Crippen molar-refractivity contribution in [2.45, 2.75) is 4.90 Å². The Kier molecular flexibility index (Phi) is 2.97. The highest BCUT2D eigenvalue weighted by Crippen LogP contribution is 2.18. The van der Waals surface area contributed by atoms with Crippen molar-refractivity contribution in [1.29, 1.82) is 5.26 Å². The fourth-order valence-corrected chi connectivity index (χ4v) is 2.18. The van der Waals surface area contributed by atoms with E-state index in [1.165, 1.54) is 18.2 Å². The number of hydrogen-bond donors (Lipinski definition) is 2. The minimum Gasteiger partial charge on any atom is -0.384 e. The molecule has 1 aromatic carbocycles. The Hall–Kier alpha value is -2.00. The van der Waals surface area contributed by atoms with Crippen molar-refractivity contribution in [3.05, 3.63) is 41.1 Å². The van der Waals surface area contributed by atoms with Crippen molar-refractivity contribution in [2.75, 3.05) is 0 Å². The van der Waals surface area contributed by atoms with Gasteiger partial charge in [-0.2, -0.15) is 5.26 Å². The van der Waals surface area contributed by atoms with Crippen molar-refractivity contribution in [1.82, 2.24) is 0 Å². The Morgan fingerprint density at radius 1 is 1.20 bits per heavy atom. The second-order valence-corrected chi connectivity index (χ2v) is 4.60. The molecule has 0 saturated carbocycles. The van der Waals surface area contributed by atoms with Crippen LogP contribution in [0.3, 0.4) is 0 Å². The molecule has 1 aromatic rings. The molecule has 6 heteroatoms. The molecule has 0 unspecified atom stereocenters. The van der Waals surface area contributed by atoms with Gasteiger partial charge in [0, 0.05) is 0 Å². The first-order valence-electron chi connectivity index (χ1n) is 3.95. The first kappa shape index (κ1) is 11.1. The van der Waals surface area contributed by atoms with Gasteiger partial charge in [0.2, 0.25) is 9.84 Å². The molecule has 0 atom stereocenters. The molecule has 1 rings (SSSR count). The molecule has 0 heterocycles. The van der Waals surface area contributed by atoms with Crippen LogP contribution in [0.1, 0.15) is 0 Å². The third kappa shape index (κ3) is 2.08. The molecule has 0 aliphatic heterocycles. The third-order valence-electron chi connectivity index (χ3n) is 1.69. The molecule has 0 fully saturated rings. The minimum atomic E-state index is -3.88. The van der Waals surface area contributed by atoms with Crippen molar-refractivity contribution >= 4 is 9.84 Å². The molecule has 0 bridgehead atoms. The number of nitriles is 1. The number of rotatable bonds is 2. The minimum absolute atomic E-state index is 0.00468. The van der Waals surface area contributed by atoms with Crippen LogP contribution < -0.4 is 11.5 Å². The van der Waals surface area contributed by atoms with Crippen LogP contribution >= 0.6 is 0 Å². The van der Waals surface area contributed by atoms with Crippen LogP contribution in [0.25, 0.3) is 0 Å². The largest absolute Gasteiger partial charge is 0.384 e. The Morgan fingerprint density at radius 2 is 1.73 bits per heavy atom. The lowest BCUT2D eigenvalue weighted by Gasteiger charge is -2.03. The Morgan fingerprint density at radius 3 is 2.13 bits per heavy atom. The monoisotopic (exact) mass is 223 g/mol. The van der Waals surface area contributed by atoms with Gasteiger partial charge in [-0.05, 0) is 12.1 Å². The molecule has 4 N–H and O–H groups in total. The SMILES string of the molecule is N#CC(=C(N)N)S(=O)(=O)c1ccccc1. The summed E-state index contributed by atoms with van der Waals surface area (Å²) in [5.41, 5.74) is 10.3. The van der Waals surface area contributed by atoms with Crippen LogP contribution in [0.2, 0.25) is 0 Å². The standard InChI is InChI=1S/C9H9N3O2S/c10-6-8(9(11)12)15(13,14)7-4-2-1-3-5-7/h1-5H,11-12H2. The molecule has 0 amide bonds. The van der Waals surface area contributed by atoms with E-state index in [0.29, 0.717) is 0 Å². The highest BCUT2D eigenvalue weighted by Gasteiger charge is 2.22. The molecular weight excluding hydrogens is 214 g/mol. The maximum Gasteiger partial charge on any atom is 0.220 e. The summed E-state index contributed by atoms with van der Waals surface area (Å²) in [6, 6.07) is 8.99. The summed E-state index contributed by atoms with van der Waals surface area (Å²) in [6.45, 7) is 0. The van der Waals surface area contributed by atoms with Crippen LogP contribution in [-0.4, -0.2) is 8.42 Å². The van der Waals surface area contributed by atoms with Crippen LogP contribution in [0, 0.1) is 11.3 Å². The summed E-state index contributed by atoms with van der Waals surface area (Å²) < 4.78 is 23.5. The zero-order valence-corrected chi connectivity index (χ0v) is 8.53. The van der Waals surface area contributed by atoms with E-state index in [0.717, 1.165) is 0 Å². The Balaban J connectivity index is 3.41. The number of nitrogens with zero attached hydrogens (tertiary/aromatic N) is 1. The van der Waals surface area contributed by atoms with Gasteiger partial charge in [-0.15, -0.1) is 0 Å².